The highest BCUT2D eigenvalue weighted by Crippen LogP contribution is 2.65. The maximum absolute atomic E-state index is 13.1. The molecule has 22 heavy (non-hydrogen) atoms. The molecule has 0 saturated heterocycles. The Labute approximate surface area is 133 Å². The molecule has 124 valence electrons. The fourth-order valence-electron chi connectivity index (χ4n) is 7.10. The third-order valence-electron chi connectivity index (χ3n) is 8.11. The van der Waals surface area contributed by atoms with E-state index in [2.05, 4.69) is 13.8 Å². The molecule has 0 radical (unpaired) electrons. The van der Waals surface area contributed by atoms with Gasteiger partial charge in [-0.15, -0.1) is 0 Å². The maximum atomic E-state index is 13.1. The molecule has 0 heterocycles. The molecule has 0 aliphatic heterocycles. The molecule has 0 unspecified atom stereocenters. The normalized spacial score (nSPS) is 57.9. The number of rotatable bonds is 0. The highest BCUT2D eigenvalue weighted by molar-refractivity contribution is 5.84. The molecule has 0 aromatic carbocycles. The van der Waals surface area contributed by atoms with Gasteiger partial charge in [-0.1, -0.05) is 13.8 Å². The SMILES string of the molecule is C[C@]12CC[C@H](O)[C@@H]1[C@@H]1CC[C@H]3C[C@H](O)CC[C@]3(C)[C@H]1C(=O)C2. The molecule has 0 spiro atoms. The predicted octanol–water partition coefficient (Wildman–Crippen LogP) is 2.93. The van der Waals surface area contributed by atoms with Crippen LogP contribution in [0, 0.1) is 34.5 Å². The molecule has 3 nitrogen and oxygen atoms in total. The van der Waals surface area contributed by atoms with Gasteiger partial charge in [0.1, 0.15) is 5.78 Å². The molecular weight excluding hydrogens is 276 g/mol. The number of Topliss-reactive ketones (excluding diaryl/α,β-unsaturated/α-hetero) is 1. The van der Waals surface area contributed by atoms with Crippen LogP contribution < -0.4 is 0 Å². The lowest BCUT2D eigenvalue weighted by Gasteiger charge is -2.59. The average molecular weight is 306 g/mol. The van der Waals surface area contributed by atoms with Crippen molar-refractivity contribution in [3.8, 4) is 0 Å². The average Bonchev–Trinajstić information content (AvgIpc) is 2.74. The minimum atomic E-state index is -0.208. The van der Waals surface area contributed by atoms with Crippen molar-refractivity contribution in [1.29, 1.82) is 0 Å². The van der Waals surface area contributed by atoms with Crippen LogP contribution in [0.25, 0.3) is 0 Å². The summed E-state index contributed by atoms with van der Waals surface area (Å²) in [7, 11) is 0. The molecule has 2 N–H and O–H groups in total. The van der Waals surface area contributed by atoms with E-state index in [1.54, 1.807) is 0 Å². The van der Waals surface area contributed by atoms with Crippen molar-refractivity contribution in [3.05, 3.63) is 0 Å². The van der Waals surface area contributed by atoms with Crippen LogP contribution >= 0.6 is 0 Å². The molecule has 8 atom stereocenters. The van der Waals surface area contributed by atoms with Crippen LogP contribution in [-0.4, -0.2) is 28.2 Å². The van der Waals surface area contributed by atoms with Gasteiger partial charge >= 0.3 is 0 Å². The lowest BCUT2D eigenvalue weighted by molar-refractivity contribution is -0.164. The van der Waals surface area contributed by atoms with E-state index in [0.717, 1.165) is 44.9 Å². The summed E-state index contributed by atoms with van der Waals surface area (Å²) in [4.78, 5) is 13.1. The number of fused-ring (bicyclic) bond motifs is 5. The summed E-state index contributed by atoms with van der Waals surface area (Å²) in [6, 6.07) is 0. The first-order valence-electron chi connectivity index (χ1n) is 9.24. The van der Waals surface area contributed by atoms with Crippen molar-refractivity contribution in [3.63, 3.8) is 0 Å². The second-order valence-corrected chi connectivity index (χ2v) is 9.28. The van der Waals surface area contributed by atoms with Crippen molar-refractivity contribution in [2.75, 3.05) is 0 Å². The van der Waals surface area contributed by atoms with E-state index in [0.29, 0.717) is 30.0 Å². The molecule has 0 aromatic heterocycles. The van der Waals surface area contributed by atoms with E-state index in [4.69, 9.17) is 0 Å². The van der Waals surface area contributed by atoms with Gasteiger partial charge in [-0.05, 0) is 73.5 Å². The number of carbonyl (C=O) groups excluding carboxylic acids is 1. The van der Waals surface area contributed by atoms with E-state index < -0.39 is 0 Å². The first-order valence-corrected chi connectivity index (χ1v) is 9.24. The summed E-state index contributed by atoms with van der Waals surface area (Å²) in [5, 5.41) is 20.6. The second-order valence-electron chi connectivity index (χ2n) is 9.28. The monoisotopic (exact) mass is 306 g/mol. The number of hydrogen-bond acceptors (Lipinski definition) is 3. The van der Waals surface area contributed by atoms with Gasteiger partial charge in [0, 0.05) is 12.3 Å². The van der Waals surface area contributed by atoms with Crippen molar-refractivity contribution in [2.45, 2.75) is 77.4 Å². The Balaban J connectivity index is 1.71. The Morgan fingerprint density at radius 3 is 2.59 bits per heavy atom. The summed E-state index contributed by atoms with van der Waals surface area (Å²) in [6.45, 7) is 4.54. The summed E-state index contributed by atoms with van der Waals surface area (Å²) in [5.74, 6) is 1.77. The molecule has 0 amide bonds. The Bertz CT molecular complexity index is 489. The maximum Gasteiger partial charge on any atom is 0.137 e. The lowest BCUT2D eigenvalue weighted by Crippen LogP contribution is -2.58. The van der Waals surface area contributed by atoms with Gasteiger partial charge in [0.2, 0.25) is 0 Å². The van der Waals surface area contributed by atoms with Gasteiger partial charge in [-0.25, -0.2) is 0 Å². The fourth-order valence-corrected chi connectivity index (χ4v) is 7.10. The third kappa shape index (κ3) is 1.91. The Kier molecular flexibility index (Phi) is 3.30. The predicted molar refractivity (Wildman–Crippen MR) is 84.1 cm³/mol. The first kappa shape index (κ1) is 15.1. The highest BCUT2D eigenvalue weighted by atomic mass is 16.3. The Morgan fingerprint density at radius 1 is 1.05 bits per heavy atom. The van der Waals surface area contributed by atoms with Crippen molar-refractivity contribution in [2.24, 2.45) is 34.5 Å². The molecule has 4 rings (SSSR count). The number of aliphatic hydroxyl groups excluding tert-OH is 2. The Hall–Kier alpha value is -0.410. The van der Waals surface area contributed by atoms with Crippen molar-refractivity contribution < 1.29 is 15.0 Å². The number of carbonyl (C=O) groups is 1. The van der Waals surface area contributed by atoms with Crippen LogP contribution in [0.1, 0.15) is 65.2 Å². The van der Waals surface area contributed by atoms with Crippen LogP contribution in [0.5, 0.6) is 0 Å². The fraction of sp³-hybridized carbons (Fsp3) is 0.947. The van der Waals surface area contributed by atoms with E-state index in [-0.39, 0.29) is 29.0 Å². The van der Waals surface area contributed by atoms with Gasteiger partial charge < -0.3 is 10.2 Å². The van der Waals surface area contributed by atoms with Gasteiger partial charge in [-0.3, -0.25) is 4.79 Å². The molecule has 4 saturated carbocycles. The van der Waals surface area contributed by atoms with Gasteiger partial charge in [-0.2, -0.15) is 0 Å². The largest absolute Gasteiger partial charge is 0.393 e. The number of hydrogen-bond donors (Lipinski definition) is 2. The van der Waals surface area contributed by atoms with Crippen LogP contribution in [0.15, 0.2) is 0 Å². The summed E-state index contributed by atoms with van der Waals surface area (Å²) < 4.78 is 0. The molecule has 3 heteroatoms. The van der Waals surface area contributed by atoms with Crippen LogP contribution in [0.2, 0.25) is 0 Å². The van der Waals surface area contributed by atoms with Crippen molar-refractivity contribution >= 4 is 5.78 Å². The number of aliphatic hydroxyl groups is 2. The van der Waals surface area contributed by atoms with Crippen LogP contribution in [0.3, 0.4) is 0 Å². The zero-order chi connectivity index (χ0) is 15.7. The Morgan fingerprint density at radius 2 is 1.82 bits per heavy atom. The first-order chi connectivity index (χ1) is 10.3. The minimum absolute atomic E-state index is 0.0368. The van der Waals surface area contributed by atoms with Gasteiger partial charge in [0.05, 0.1) is 12.2 Å². The topological polar surface area (TPSA) is 57.5 Å². The van der Waals surface area contributed by atoms with Crippen LogP contribution in [0.4, 0.5) is 0 Å². The summed E-state index contributed by atoms with van der Waals surface area (Å²) >= 11 is 0. The van der Waals surface area contributed by atoms with Crippen molar-refractivity contribution in [1.82, 2.24) is 0 Å². The number of ketones is 1. The molecule has 0 bridgehead atoms. The molecular formula is C19H30O3. The highest BCUT2D eigenvalue weighted by Gasteiger charge is 2.62. The zero-order valence-corrected chi connectivity index (χ0v) is 13.9. The van der Waals surface area contributed by atoms with Crippen LogP contribution in [-0.2, 0) is 4.79 Å². The minimum Gasteiger partial charge on any atom is -0.393 e. The van der Waals surface area contributed by atoms with Gasteiger partial charge in [0.25, 0.3) is 0 Å². The quantitative estimate of drug-likeness (QED) is 0.723. The third-order valence-corrected chi connectivity index (χ3v) is 8.11. The molecule has 4 aliphatic carbocycles. The smallest absolute Gasteiger partial charge is 0.137 e. The molecule has 4 aliphatic rings. The van der Waals surface area contributed by atoms with E-state index in [9.17, 15) is 15.0 Å². The lowest BCUT2D eigenvalue weighted by atomic mass is 9.44. The zero-order valence-electron chi connectivity index (χ0n) is 13.9. The standard InChI is InChI=1S/C19H30O3/c1-18-7-6-14(21)16(18)13-4-3-11-9-12(20)5-8-19(11,2)17(13)15(22)10-18/h11-14,16-17,20-21H,3-10H2,1-2H3/t11-,12+,13-,14-,16-,17+,18+,19-/m0/s1. The second kappa shape index (κ2) is 4.80. The summed E-state index contributed by atoms with van der Waals surface area (Å²) in [5.41, 5.74) is 0.0952. The van der Waals surface area contributed by atoms with E-state index in [1.807, 2.05) is 0 Å². The van der Waals surface area contributed by atoms with Gasteiger partial charge in [0.15, 0.2) is 0 Å². The van der Waals surface area contributed by atoms with E-state index >= 15 is 0 Å². The summed E-state index contributed by atoms with van der Waals surface area (Å²) in [6.07, 6.45) is 7.05. The molecule has 4 fully saturated rings. The van der Waals surface area contributed by atoms with E-state index in [1.165, 1.54) is 0 Å². The molecule has 0 aromatic rings.